The molecule has 0 bridgehead atoms. The summed E-state index contributed by atoms with van der Waals surface area (Å²) in [6.07, 6.45) is -0.610. The summed E-state index contributed by atoms with van der Waals surface area (Å²) < 4.78 is 0.877. The lowest BCUT2D eigenvalue weighted by atomic mass is 10.0. The standard InChI is InChI=1S/C12H10BrClOS/c1-7-11(2-3-16-7)12(15)8-4-9(13)6-10(14)5-8/h2-6,12,15H,1H3. The van der Waals surface area contributed by atoms with Gasteiger partial charge in [-0.25, -0.2) is 0 Å². The Morgan fingerprint density at radius 2 is 2.12 bits per heavy atom. The topological polar surface area (TPSA) is 20.2 Å². The predicted octanol–water partition coefficient (Wildman–Crippen LogP) is 4.55. The van der Waals surface area contributed by atoms with Crippen molar-refractivity contribution in [3.63, 3.8) is 0 Å². The molecule has 1 atom stereocenters. The molecule has 16 heavy (non-hydrogen) atoms. The molecule has 0 radical (unpaired) electrons. The van der Waals surface area contributed by atoms with Crippen LogP contribution in [0.1, 0.15) is 22.1 Å². The van der Waals surface area contributed by atoms with Crippen molar-refractivity contribution in [3.05, 3.63) is 55.1 Å². The molecule has 2 aromatic rings. The molecule has 1 unspecified atom stereocenters. The lowest BCUT2D eigenvalue weighted by molar-refractivity contribution is 0.220. The lowest BCUT2D eigenvalue weighted by Crippen LogP contribution is -1.99. The fraction of sp³-hybridized carbons (Fsp3) is 0.167. The van der Waals surface area contributed by atoms with Crippen LogP contribution in [0.5, 0.6) is 0 Å². The highest BCUT2D eigenvalue weighted by Gasteiger charge is 2.14. The van der Waals surface area contributed by atoms with Crippen LogP contribution in [-0.4, -0.2) is 5.11 Å². The van der Waals surface area contributed by atoms with Gasteiger partial charge in [0.15, 0.2) is 0 Å². The molecule has 4 heteroatoms. The SMILES string of the molecule is Cc1sccc1C(O)c1cc(Cl)cc(Br)c1. The van der Waals surface area contributed by atoms with Gasteiger partial charge in [-0.15, -0.1) is 11.3 Å². The van der Waals surface area contributed by atoms with Gasteiger partial charge in [-0.1, -0.05) is 27.5 Å². The fourth-order valence-corrected chi connectivity index (χ4v) is 3.21. The zero-order chi connectivity index (χ0) is 11.7. The van der Waals surface area contributed by atoms with Gasteiger partial charge in [-0.2, -0.15) is 0 Å². The molecule has 0 fully saturated rings. The molecule has 1 heterocycles. The summed E-state index contributed by atoms with van der Waals surface area (Å²) in [4.78, 5) is 1.13. The highest BCUT2D eigenvalue weighted by atomic mass is 79.9. The van der Waals surface area contributed by atoms with Crippen LogP contribution < -0.4 is 0 Å². The summed E-state index contributed by atoms with van der Waals surface area (Å²) in [7, 11) is 0. The molecule has 0 saturated carbocycles. The molecule has 0 aliphatic heterocycles. The minimum absolute atomic E-state index is 0.610. The van der Waals surface area contributed by atoms with Gasteiger partial charge in [0, 0.05) is 14.4 Å². The summed E-state index contributed by atoms with van der Waals surface area (Å²) >= 11 is 11.0. The van der Waals surface area contributed by atoms with E-state index in [1.165, 1.54) is 0 Å². The zero-order valence-corrected chi connectivity index (χ0v) is 11.7. The first-order chi connectivity index (χ1) is 7.58. The van der Waals surface area contributed by atoms with E-state index in [1.807, 2.05) is 24.4 Å². The normalized spacial score (nSPS) is 12.8. The molecule has 1 nitrogen and oxygen atoms in total. The van der Waals surface area contributed by atoms with Crippen molar-refractivity contribution in [2.45, 2.75) is 13.0 Å². The van der Waals surface area contributed by atoms with Crippen molar-refractivity contribution in [1.29, 1.82) is 0 Å². The number of thiophene rings is 1. The Bertz CT molecular complexity index is 489. The summed E-state index contributed by atoms with van der Waals surface area (Å²) in [5.74, 6) is 0. The Balaban J connectivity index is 2.41. The van der Waals surface area contributed by atoms with Crippen molar-refractivity contribution in [1.82, 2.24) is 0 Å². The molecule has 0 aliphatic rings. The number of hydrogen-bond acceptors (Lipinski definition) is 2. The van der Waals surface area contributed by atoms with E-state index in [4.69, 9.17) is 11.6 Å². The minimum Gasteiger partial charge on any atom is -0.384 e. The van der Waals surface area contributed by atoms with Crippen LogP contribution >= 0.6 is 38.9 Å². The van der Waals surface area contributed by atoms with Gasteiger partial charge in [0.25, 0.3) is 0 Å². The predicted molar refractivity (Wildman–Crippen MR) is 72.3 cm³/mol. The molecule has 0 aliphatic carbocycles. The third-order valence-electron chi connectivity index (χ3n) is 2.39. The highest BCUT2D eigenvalue weighted by molar-refractivity contribution is 9.10. The molecule has 0 saturated heterocycles. The van der Waals surface area contributed by atoms with Crippen molar-refractivity contribution in [3.8, 4) is 0 Å². The third-order valence-corrected chi connectivity index (χ3v) is 3.93. The van der Waals surface area contributed by atoms with Gasteiger partial charge >= 0.3 is 0 Å². The van der Waals surface area contributed by atoms with Crippen LogP contribution in [0, 0.1) is 6.92 Å². The van der Waals surface area contributed by atoms with Gasteiger partial charge in [0.05, 0.1) is 0 Å². The summed E-state index contributed by atoms with van der Waals surface area (Å²) in [5.41, 5.74) is 1.75. The van der Waals surface area contributed by atoms with E-state index in [2.05, 4.69) is 15.9 Å². The van der Waals surface area contributed by atoms with Crippen LogP contribution in [0.25, 0.3) is 0 Å². The maximum absolute atomic E-state index is 10.2. The van der Waals surface area contributed by atoms with E-state index in [1.54, 1.807) is 23.5 Å². The number of aryl methyl sites for hydroxylation is 1. The van der Waals surface area contributed by atoms with Crippen LogP contribution in [0.4, 0.5) is 0 Å². The molecule has 0 spiro atoms. The van der Waals surface area contributed by atoms with Crippen molar-refractivity contribution < 1.29 is 5.11 Å². The summed E-state index contributed by atoms with van der Waals surface area (Å²) in [6, 6.07) is 7.42. The van der Waals surface area contributed by atoms with E-state index < -0.39 is 6.10 Å². The lowest BCUT2D eigenvalue weighted by Gasteiger charge is -2.11. The Morgan fingerprint density at radius 1 is 1.38 bits per heavy atom. The number of rotatable bonds is 2. The molecule has 1 aromatic carbocycles. The van der Waals surface area contributed by atoms with Crippen LogP contribution in [0.15, 0.2) is 34.1 Å². The van der Waals surface area contributed by atoms with E-state index >= 15 is 0 Å². The molecule has 1 N–H and O–H groups in total. The van der Waals surface area contributed by atoms with Crippen molar-refractivity contribution in [2.24, 2.45) is 0 Å². The zero-order valence-electron chi connectivity index (χ0n) is 8.58. The molecule has 2 rings (SSSR count). The molecule has 0 amide bonds. The second-order valence-electron chi connectivity index (χ2n) is 3.54. The van der Waals surface area contributed by atoms with Crippen LogP contribution in [0.2, 0.25) is 5.02 Å². The molecular formula is C12H10BrClOS. The van der Waals surface area contributed by atoms with Gasteiger partial charge in [0.1, 0.15) is 6.10 Å². The maximum atomic E-state index is 10.2. The number of aliphatic hydroxyl groups is 1. The van der Waals surface area contributed by atoms with E-state index in [0.717, 1.165) is 20.5 Å². The highest BCUT2D eigenvalue weighted by Crippen LogP contribution is 2.31. The smallest absolute Gasteiger partial charge is 0.105 e. The Kier molecular flexibility index (Phi) is 3.70. The van der Waals surface area contributed by atoms with E-state index in [-0.39, 0.29) is 0 Å². The van der Waals surface area contributed by atoms with Crippen LogP contribution in [-0.2, 0) is 0 Å². The summed E-state index contributed by atoms with van der Waals surface area (Å²) in [5, 5.41) is 12.8. The number of aliphatic hydroxyl groups excluding tert-OH is 1. The van der Waals surface area contributed by atoms with E-state index in [9.17, 15) is 5.11 Å². The molecular weight excluding hydrogens is 308 g/mol. The Labute approximate surface area is 112 Å². The number of benzene rings is 1. The number of hydrogen-bond donors (Lipinski definition) is 1. The second-order valence-corrected chi connectivity index (χ2v) is 6.01. The first-order valence-corrected chi connectivity index (χ1v) is 6.81. The first kappa shape index (κ1) is 12.1. The Morgan fingerprint density at radius 3 is 2.69 bits per heavy atom. The monoisotopic (exact) mass is 316 g/mol. The average molecular weight is 318 g/mol. The Hall–Kier alpha value is -0.350. The quantitative estimate of drug-likeness (QED) is 0.861. The van der Waals surface area contributed by atoms with Gasteiger partial charge < -0.3 is 5.11 Å². The van der Waals surface area contributed by atoms with Crippen molar-refractivity contribution >= 4 is 38.9 Å². The maximum Gasteiger partial charge on any atom is 0.105 e. The van der Waals surface area contributed by atoms with Gasteiger partial charge in [-0.05, 0) is 47.7 Å². The van der Waals surface area contributed by atoms with Crippen LogP contribution in [0.3, 0.4) is 0 Å². The largest absolute Gasteiger partial charge is 0.384 e. The fourth-order valence-electron chi connectivity index (χ4n) is 1.59. The second kappa shape index (κ2) is 4.88. The minimum atomic E-state index is -0.610. The first-order valence-electron chi connectivity index (χ1n) is 4.76. The third kappa shape index (κ3) is 2.48. The molecule has 1 aromatic heterocycles. The van der Waals surface area contributed by atoms with Crippen molar-refractivity contribution in [2.75, 3.05) is 0 Å². The molecule has 84 valence electrons. The van der Waals surface area contributed by atoms with Gasteiger partial charge in [-0.3, -0.25) is 0 Å². The number of halogens is 2. The summed E-state index contributed by atoms with van der Waals surface area (Å²) in [6.45, 7) is 2.00. The average Bonchev–Trinajstić information content (AvgIpc) is 2.62. The van der Waals surface area contributed by atoms with E-state index in [0.29, 0.717) is 5.02 Å². The van der Waals surface area contributed by atoms with Gasteiger partial charge in [0.2, 0.25) is 0 Å².